The fourth-order valence-electron chi connectivity index (χ4n) is 4.42. The smallest absolute Gasteiger partial charge is 0.408 e. The number of hydrogen-bond donors (Lipinski definition) is 2. The van der Waals surface area contributed by atoms with E-state index in [4.69, 9.17) is 4.74 Å². The number of alkyl carbamates (subject to hydrolysis) is 1. The highest BCUT2D eigenvalue weighted by Gasteiger charge is 2.40. The van der Waals surface area contributed by atoms with Crippen molar-refractivity contribution in [3.05, 3.63) is 64.7 Å². The molecule has 0 saturated carbocycles. The van der Waals surface area contributed by atoms with E-state index in [0.29, 0.717) is 12.1 Å². The highest BCUT2D eigenvalue weighted by Crippen LogP contribution is 2.31. The summed E-state index contributed by atoms with van der Waals surface area (Å²) in [6.45, 7) is 18.9. The average molecular weight is 524 g/mol. The summed E-state index contributed by atoms with van der Waals surface area (Å²) in [6.07, 6.45) is -0.00539. The van der Waals surface area contributed by atoms with Crippen LogP contribution < -0.4 is 10.6 Å². The summed E-state index contributed by atoms with van der Waals surface area (Å²) in [4.78, 5) is 42.6. The largest absolute Gasteiger partial charge is 0.444 e. The van der Waals surface area contributed by atoms with Crippen LogP contribution in [0.4, 0.5) is 10.5 Å². The van der Waals surface area contributed by atoms with Crippen LogP contribution in [0.25, 0.3) is 0 Å². The Morgan fingerprint density at radius 1 is 0.947 bits per heavy atom. The van der Waals surface area contributed by atoms with Gasteiger partial charge >= 0.3 is 6.09 Å². The van der Waals surface area contributed by atoms with Crippen molar-refractivity contribution in [2.75, 3.05) is 5.32 Å². The Morgan fingerprint density at radius 3 is 2.11 bits per heavy atom. The SMILES string of the molecule is CCC(C)C(NC(=O)OC(C)(C)C)C(=O)N(C(C)C)C(C(=O)Nc1ccccc1C)c1ccc(C)cc1C. The Balaban J connectivity index is 2.60. The zero-order valence-corrected chi connectivity index (χ0v) is 24.6. The average Bonchev–Trinajstić information content (AvgIpc) is 2.80. The third kappa shape index (κ3) is 8.07. The Labute approximate surface area is 228 Å². The van der Waals surface area contributed by atoms with E-state index in [1.165, 1.54) is 0 Å². The van der Waals surface area contributed by atoms with Crippen molar-refractivity contribution in [2.24, 2.45) is 5.92 Å². The van der Waals surface area contributed by atoms with Gasteiger partial charge in [-0.05, 0) is 84.1 Å². The van der Waals surface area contributed by atoms with Gasteiger partial charge in [-0.25, -0.2) is 4.79 Å². The third-order valence-corrected chi connectivity index (χ3v) is 6.61. The molecule has 208 valence electrons. The lowest BCUT2D eigenvalue weighted by atomic mass is 9.92. The Bertz CT molecular complexity index is 1140. The number of nitrogens with one attached hydrogen (secondary N) is 2. The van der Waals surface area contributed by atoms with Crippen molar-refractivity contribution in [1.29, 1.82) is 0 Å². The summed E-state index contributed by atoms with van der Waals surface area (Å²) in [6, 6.07) is 11.3. The van der Waals surface area contributed by atoms with Gasteiger partial charge in [0, 0.05) is 11.7 Å². The van der Waals surface area contributed by atoms with Gasteiger partial charge in [0.15, 0.2) is 0 Å². The quantitative estimate of drug-likeness (QED) is 0.394. The highest BCUT2D eigenvalue weighted by molar-refractivity contribution is 5.99. The number of ether oxygens (including phenoxy) is 1. The van der Waals surface area contributed by atoms with Crippen LogP contribution in [0.15, 0.2) is 42.5 Å². The third-order valence-electron chi connectivity index (χ3n) is 6.61. The molecule has 0 bridgehead atoms. The minimum atomic E-state index is -0.908. The number of carbonyl (C=O) groups excluding carboxylic acids is 3. The lowest BCUT2D eigenvalue weighted by molar-refractivity contribution is -0.144. The Kier molecular flexibility index (Phi) is 10.5. The highest BCUT2D eigenvalue weighted by atomic mass is 16.6. The van der Waals surface area contributed by atoms with Crippen LogP contribution in [0, 0.1) is 26.7 Å². The van der Waals surface area contributed by atoms with Crippen LogP contribution in [0.1, 0.15) is 83.2 Å². The number of hydrogen-bond acceptors (Lipinski definition) is 4. The summed E-state index contributed by atoms with van der Waals surface area (Å²) in [5.41, 5.74) is 3.62. The second-order valence-corrected chi connectivity index (χ2v) is 11.4. The molecular formula is C31H45N3O4. The van der Waals surface area contributed by atoms with Gasteiger partial charge in [-0.1, -0.05) is 62.2 Å². The van der Waals surface area contributed by atoms with Crippen molar-refractivity contribution < 1.29 is 19.1 Å². The number of anilines is 1. The molecule has 0 aliphatic carbocycles. The van der Waals surface area contributed by atoms with Crippen LogP contribution in [-0.2, 0) is 14.3 Å². The fourth-order valence-corrected chi connectivity index (χ4v) is 4.42. The molecule has 38 heavy (non-hydrogen) atoms. The molecule has 0 radical (unpaired) electrons. The zero-order valence-electron chi connectivity index (χ0n) is 24.6. The molecule has 0 fully saturated rings. The van der Waals surface area contributed by atoms with Crippen LogP contribution in [-0.4, -0.2) is 40.5 Å². The molecule has 0 aliphatic heterocycles. The molecule has 2 aromatic rings. The van der Waals surface area contributed by atoms with Gasteiger partial charge in [0.25, 0.3) is 5.91 Å². The molecule has 0 heterocycles. The second kappa shape index (κ2) is 12.9. The van der Waals surface area contributed by atoms with Crippen LogP contribution in [0.2, 0.25) is 0 Å². The van der Waals surface area contributed by atoms with E-state index in [0.717, 1.165) is 22.3 Å². The first-order valence-electron chi connectivity index (χ1n) is 13.4. The van der Waals surface area contributed by atoms with Gasteiger partial charge in [0.2, 0.25) is 5.91 Å². The molecular weight excluding hydrogens is 478 g/mol. The molecule has 0 saturated heterocycles. The first kappa shape index (κ1) is 30.9. The molecule has 0 aromatic heterocycles. The molecule has 0 aliphatic rings. The number of aryl methyl sites for hydroxylation is 3. The molecule has 7 heteroatoms. The molecule has 0 spiro atoms. The first-order valence-corrected chi connectivity index (χ1v) is 13.4. The number of amides is 3. The van der Waals surface area contributed by atoms with E-state index < -0.39 is 23.8 Å². The Morgan fingerprint density at radius 2 is 1.58 bits per heavy atom. The maximum absolute atomic E-state index is 14.3. The minimum absolute atomic E-state index is 0.185. The van der Waals surface area contributed by atoms with Crippen molar-refractivity contribution in [3.8, 4) is 0 Å². The van der Waals surface area contributed by atoms with Crippen molar-refractivity contribution in [3.63, 3.8) is 0 Å². The van der Waals surface area contributed by atoms with Gasteiger partial charge in [-0.3, -0.25) is 9.59 Å². The van der Waals surface area contributed by atoms with E-state index in [1.54, 1.807) is 25.7 Å². The zero-order chi connectivity index (χ0) is 28.8. The number of para-hydroxylation sites is 1. The van der Waals surface area contributed by atoms with Gasteiger partial charge in [0.1, 0.15) is 17.7 Å². The summed E-state index contributed by atoms with van der Waals surface area (Å²) in [5.74, 6) is -0.825. The predicted octanol–water partition coefficient (Wildman–Crippen LogP) is 6.47. The van der Waals surface area contributed by atoms with E-state index in [1.807, 2.05) is 90.9 Å². The molecule has 2 rings (SSSR count). The van der Waals surface area contributed by atoms with Crippen molar-refractivity contribution >= 4 is 23.6 Å². The maximum atomic E-state index is 14.3. The van der Waals surface area contributed by atoms with E-state index in [2.05, 4.69) is 10.6 Å². The van der Waals surface area contributed by atoms with E-state index in [-0.39, 0.29) is 23.8 Å². The van der Waals surface area contributed by atoms with Gasteiger partial charge < -0.3 is 20.3 Å². The number of benzene rings is 2. The topological polar surface area (TPSA) is 87.7 Å². The van der Waals surface area contributed by atoms with Gasteiger partial charge in [-0.15, -0.1) is 0 Å². The molecule has 2 N–H and O–H groups in total. The summed E-state index contributed by atoms with van der Waals surface area (Å²) in [7, 11) is 0. The van der Waals surface area contributed by atoms with E-state index >= 15 is 0 Å². The summed E-state index contributed by atoms with van der Waals surface area (Å²) in [5, 5.41) is 5.85. The molecule has 3 amide bonds. The standard InChI is InChI=1S/C31H45N3O4/c1-11-21(5)26(33-30(37)38-31(8,9)10)29(36)34(19(2)3)27(24-17-16-20(4)18-23(24)7)28(35)32-25-15-13-12-14-22(25)6/h12-19,21,26-27H,11H2,1-10H3,(H,32,35)(H,33,37). The predicted molar refractivity (Wildman–Crippen MR) is 153 cm³/mol. The number of carbonyl (C=O) groups is 3. The number of nitrogens with zero attached hydrogens (tertiary/aromatic N) is 1. The van der Waals surface area contributed by atoms with E-state index in [9.17, 15) is 14.4 Å². The normalized spacial score (nSPS) is 13.9. The van der Waals surface area contributed by atoms with Crippen molar-refractivity contribution in [1.82, 2.24) is 10.2 Å². The van der Waals surface area contributed by atoms with Crippen LogP contribution >= 0.6 is 0 Å². The summed E-state index contributed by atoms with van der Waals surface area (Å²) < 4.78 is 5.47. The maximum Gasteiger partial charge on any atom is 0.408 e. The van der Waals surface area contributed by atoms with Crippen LogP contribution in [0.3, 0.4) is 0 Å². The number of rotatable bonds is 9. The molecule has 7 nitrogen and oxygen atoms in total. The first-order chi connectivity index (χ1) is 17.7. The lowest BCUT2D eigenvalue weighted by Gasteiger charge is -2.39. The van der Waals surface area contributed by atoms with Gasteiger partial charge in [0.05, 0.1) is 0 Å². The van der Waals surface area contributed by atoms with Gasteiger partial charge in [-0.2, -0.15) is 0 Å². The fraction of sp³-hybridized carbons (Fsp3) is 0.516. The van der Waals surface area contributed by atoms with Crippen LogP contribution in [0.5, 0.6) is 0 Å². The minimum Gasteiger partial charge on any atom is -0.444 e. The molecule has 3 unspecified atom stereocenters. The Hall–Kier alpha value is -3.35. The molecule has 2 aromatic carbocycles. The summed E-state index contributed by atoms with van der Waals surface area (Å²) >= 11 is 0. The lowest BCUT2D eigenvalue weighted by Crippen LogP contribution is -2.56. The molecule has 3 atom stereocenters. The second-order valence-electron chi connectivity index (χ2n) is 11.4. The monoisotopic (exact) mass is 523 g/mol. The van der Waals surface area contributed by atoms with Crippen molar-refractivity contribution in [2.45, 2.75) is 99.4 Å².